The molecule has 1 unspecified atom stereocenters. The molecule has 2 N–H and O–H groups in total. The highest BCUT2D eigenvalue weighted by molar-refractivity contribution is 6.30. The fraction of sp³-hybridized carbons (Fsp3) is 0.294. The number of hydrogen-bond donors (Lipinski definition) is 2. The van der Waals surface area contributed by atoms with Gasteiger partial charge in [-0.2, -0.15) is 15.4 Å². The summed E-state index contributed by atoms with van der Waals surface area (Å²) >= 11 is 6.07. The number of aromatic amines is 1. The maximum atomic E-state index is 11.0. The molecule has 1 fully saturated rings. The molecular formula is C17H17ClN6O. The van der Waals surface area contributed by atoms with Gasteiger partial charge in [0, 0.05) is 23.2 Å². The monoisotopic (exact) mass is 356 g/mol. The van der Waals surface area contributed by atoms with Gasteiger partial charge in [-0.15, -0.1) is 0 Å². The van der Waals surface area contributed by atoms with Crippen LogP contribution < -0.4 is 4.90 Å². The number of hydrogen-bond acceptors (Lipinski definition) is 6. The van der Waals surface area contributed by atoms with E-state index in [1.54, 1.807) is 6.20 Å². The molecule has 0 radical (unpaired) electrons. The first-order valence-electron chi connectivity index (χ1n) is 8.06. The largest absolute Gasteiger partial charge is 0.382 e. The minimum atomic E-state index is -1.04. The van der Waals surface area contributed by atoms with Gasteiger partial charge in [-0.1, -0.05) is 23.7 Å². The molecular weight excluding hydrogens is 340 g/mol. The number of rotatable bonds is 3. The van der Waals surface area contributed by atoms with Crippen molar-refractivity contribution < 1.29 is 5.11 Å². The number of β-amino-alcohol motifs (C(OH)–C–C–N with tert-alkyl or cyclic N) is 1. The Bertz CT molecular complexity index is 871. The molecule has 1 saturated heterocycles. The average Bonchev–Trinajstić information content (AvgIpc) is 3.18. The van der Waals surface area contributed by atoms with Crippen LogP contribution in [0.2, 0.25) is 5.02 Å². The molecule has 1 aliphatic rings. The van der Waals surface area contributed by atoms with Crippen molar-refractivity contribution in [1.82, 2.24) is 25.4 Å². The molecule has 0 saturated carbocycles. The van der Waals surface area contributed by atoms with Crippen molar-refractivity contribution in [2.75, 3.05) is 18.0 Å². The van der Waals surface area contributed by atoms with Gasteiger partial charge in [0.05, 0.1) is 18.4 Å². The number of aliphatic hydroxyl groups is 1. The van der Waals surface area contributed by atoms with Crippen LogP contribution >= 0.6 is 11.6 Å². The first-order chi connectivity index (χ1) is 12.1. The summed E-state index contributed by atoms with van der Waals surface area (Å²) in [7, 11) is 0. The van der Waals surface area contributed by atoms with Gasteiger partial charge in [-0.05, 0) is 25.0 Å². The van der Waals surface area contributed by atoms with Crippen LogP contribution in [-0.2, 0) is 5.60 Å². The number of halogens is 1. The van der Waals surface area contributed by atoms with Gasteiger partial charge < -0.3 is 10.0 Å². The van der Waals surface area contributed by atoms with Crippen molar-refractivity contribution in [2.24, 2.45) is 0 Å². The van der Waals surface area contributed by atoms with E-state index in [0.29, 0.717) is 23.7 Å². The van der Waals surface area contributed by atoms with Crippen LogP contribution in [0.5, 0.6) is 0 Å². The van der Waals surface area contributed by atoms with Crippen molar-refractivity contribution in [2.45, 2.75) is 18.4 Å². The van der Waals surface area contributed by atoms with Crippen LogP contribution in [0.1, 0.15) is 18.5 Å². The van der Waals surface area contributed by atoms with Crippen molar-refractivity contribution >= 4 is 17.4 Å². The number of aromatic nitrogens is 5. The van der Waals surface area contributed by atoms with Gasteiger partial charge in [0.25, 0.3) is 0 Å². The SMILES string of the molecule is OC1(c2cn[nH]n2)CCCN(c2cc(-c3cccc(Cl)c3)ncn2)C1. The lowest BCUT2D eigenvalue weighted by Gasteiger charge is -2.38. The minimum Gasteiger partial charge on any atom is -0.382 e. The molecule has 3 heterocycles. The van der Waals surface area contributed by atoms with Gasteiger partial charge in [-0.3, -0.25) is 0 Å². The van der Waals surface area contributed by atoms with Crippen LogP contribution in [0.3, 0.4) is 0 Å². The summed E-state index contributed by atoms with van der Waals surface area (Å²) in [5, 5.41) is 22.1. The molecule has 2 aromatic heterocycles. The smallest absolute Gasteiger partial charge is 0.132 e. The highest BCUT2D eigenvalue weighted by Crippen LogP contribution is 2.32. The zero-order valence-electron chi connectivity index (χ0n) is 13.4. The quantitative estimate of drug-likeness (QED) is 0.748. The van der Waals surface area contributed by atoms with Crippen LogP contribution in [0, 0.1) is 0 Å². The normalized spacial score (nSPS) is 20.6. The molecule has 25 heavy (non-hydrogen) atoms. The maximum absolute atomic E-state index is 11.0. The zero-order valence-corrected chi connectivity index (χ0v) is 14.2. The molecule has 128 valence electrons. The molecule has 0 bridgehead atoms. The Morgan fingerprint density at radius 2 is 2.16 bits per heavy atom. The third-order valence-electron chi connectivity index (χ3n) is 4.46. The molecule has 1 aliphatic heterocycles. The van der Waals surface area contributed by atoms with Gasteiger partial charge in [0.15, 0.2) is 0 Å². The van der Waals surface area contributed by atoms with E-state index >= 15 is 0 Å². The Kier molecular flexibility index (Phi) is 4.10. The predicted octanol–water partition coefficient (Wildman–Crippen LogP) is 2.40. The van der Waals surface area contributed by atoms with E-state index in [2.05, 4.69) is 25.4 Å². The number of nitrogens with zero attached hydrogens (tertiary/aromatic N) is 5. The van der Waals surface area contributed by atoms with Gasteiger partial charge in [-0.25, -0.2) is 9.97 Å². The zero-order chi connectivity index (χ0) is 17.3. The summed E-state index contributed by atoms with van der Waals surface area (Å²) in [6, 6.07) is 9.47. The Hall–Kier alpha value is -2.51. The van der Waals surface area contributed by atoms with Crippen molar-refractivity contribution in [3.8, 4) is 11.3 Å². The van der Waals surface area contributed by atoms with Crippen LogP contribution in [-0.4, -0.2) is 43.6 Å². The summed E-state index contributed by atoms with van der Waals surface area (Å²) in [6.07, 6.45) is 4.58. The summed E-state index contributed by atoms with van der Waals surface area (Å²) in [4.78, 5) is 10.8. The van der Waals surface area contributed by atoms with Crippen molar-refractivity contribution in [1.29, 1.82) is 0 Å². The van der Waals surface area contributed by atoms with E-state index in [1.165, 1.54) is 6.33 Å². The first-order valence-corrected chi connectivity index (χ1v) is 8.43. The Labute approximate surface area is 149 Å². The number of piperidine rings is 1. The van der Waals surface area contributed by atoms with E-state index in [9.17, 15) is 5.11 Å². The molecule has 0 spiro atoms. The fourth-order valence-corrected chi connectivity index (χ4v) is 3.38. The Morgan fingerprint density at radius 1 is 1.24 bits per heavy atom. The summed E-state index contributed by atoms with van der Waals surface area (Å²) in [6.45, 7) is 1.22. The fourth-order valence-electron chi connectivity index (χ4n) is 3.19. The average molecular weight is 357 g/mol. The van der Waals surface area contributed by atoms with Gasteiger partial charge in [0.2, 0.25) is 0 Å². The minimum absolute atomic E-state index is 0.408. The Balaban J connectivity index is 1.63. The molecule has 8 heteroatoms. The molecule has 7 nitrogen and oxygen atoms in total. The molecule has 0 amide bonds. The van der Waals surface area contributed by atoms with Gasteiger partial charge >= 0.3 is 0 Å². The predicted molar refractivity (Wildman–Crippen MR) is 94.2 cm³/mol. The number of nitrogens with one attached hydrogen (secondary N) is 1. The molecule has 1 aromatic carbocycles. The molecule has 0 aliphatic carbocycles. The lowest BCUT2D eigenvalue weighted by Crippen LogP contribution is -2.46. The summed E-state index contributed by atoms with van der Waals surface area (Å²) < 4.78 is 0. The van der Waals surface area contributed by atoms with Crippen molar-refractivity contribution in [3.63, 3.8) is 0 Å². The highest BCUT2D eigenvalue weighted by atomic mass is 35.5. The van der Waals surface area contributed by atoms with Gasteiger partial charge in [0.1, 0.15) is 23.4 Å². The lowest BCUT2D eigenvalue weighted by molar-refractivity contribution is 0.0175. The lowest BCUT2D eigenvalue weighted by atomic mass is 9.90. The van der Waals surface area contributed by atoms with Crippen molar-refractivity contribution in [3.05, 3.63) is 53.6 Å². The second kappa shape index (κ2) is 6.42. The second-order valence-corrected chi connectivity index (χ2v) is 6.62. The topological polar surface area (TPSA) is 90.8 Å². The summed E-state index contributed by atoms with van der Waals surface area (Å²) in [5.41, 5.74) is 1.25. The molecule has 4 rings (SSSR count). The highest BCUT2D eigenvalue weighted by Gasteiger charge is 2.37. The van der Waals surface area contributed by atoms with Crippen LogP contribution in [0.25, 0.3) is 11.3 Å². The van der Waals surface area contributed by atoms with E-state index in [4.69, 9.17) is 11.6 Å². The summed E-state index contributed by atoms with van der Waals surface area (Å²) in [5.74, 6) is 0.770. The number of anilines is 1. The molecule has 1 atom stereocenters. The van der Waals surface area contributed by atoms with Crippen LogP contribution in [0.4, 0.5) is 5.82 Å². The van der Waals surface area contributed by atoms with E-state index in [0.717, 1.165) is 30.0 Å². The second-order valence-electron chi connectivity index (χ2n) is 6.18. The van der Waals surface area contributed by atoms with E-state index in [1.807, 2.05) is 35.2 Å². The number of benzene rings is 1. The third kappa shape index (κ3) is 3.20. The standard InChI is InChI=1S/C17H17ClN6O/c18-13-4-1-3-12(7-13)14-8-16(20-11-19-14)24-6-2-5-17(25,10-24)15-9-21-23-22-15/h1,3-4,7-9,11,25H,2,5-6,10H2,(H,21,22,23). The first kappa shape index (κ1) is 16.0. The third-order valence-corrected chi connectivity index (χ3v) is 4.69. The van der Waals surface area contributed by atoms with E-state index in [-0.39, 0.29) is 0 Å². The Morgan fingerprint density at radius 3 is 2.96 bits per heavy atom. The maximum Gasteiger partial charge on any atom is 0.132 e. The van der Waals surface area contributed by atoms with E-state index < -0.39 is 5.60 Å². The van der Waals surface area contributed by atoms with Crippen LogP contribution in [0.15, 0.2) is 42.9 Å². The molecule has 3 aromatic rings. The number of H-pyrrole nitrogens is 1.